The van der Waals surface area contributed by atoms with Crippen LogP contribution in [0, 0.1) is 12.7 Å². The number of amides is 1. The van der Waals surface area contributed by atoms with Crippen LogP contribution in [0.3, 0.4) is 0 Å². The van der Waals surface area contributed by atoms with Gasteiger partial charge in [-0.3, -0.25) is 4.79 Å². The minimum absolute atomic E-state index is 0.146. The first-order valence-corrected chi connectivity index (χ1v) is 7.61. The molecule has 0 aliphatic carbocycles. The monoisotopic (exact) mass is 388 g/mol. The Labute approximate surface area is 151 Å². The third-order valence-corrected chi connectivity index (χ3v) is 3.38. The number of nitrogens with one attached hydrogen (secondary N) is 1. The van der Waals surface area contributed by atoms with Crippen LogP contribution in [0.4, 0.5) is 17.6 Å². The Hall–Kier alpha value is -2.61. The van der Waals surface area contributed by atoms with Gasteiger partial charge in [0.15, 0.2) is 6.61 Å². The lowest BCUT2D eigenvalue weighted by Gasteiger charge is -2.08. The number of hydrazone groups is 1. The molecule has 9 heteroatoms. The normalized spacial score (nSPS) is 11.6. The number of carbonyl (C=O) groups excluding carboxylic acids is 1. The van der Waals surface area contributed by atoms with Crippen molar-refractivity contribution in [2.75, 3.05) is 6.61 Å². The number of aryl methyl sites for hydroxylation is 1. The quantitative estimate of drug-likeness (QED) is 0.471. The molecule has 0 saturated carbocycles. The molecule has 138 valence electrons. The van der Waals surface area contributed by atoms with Gasteiger partial charge < -0.3 is 4.74 Å². The highest BCUT2D eigenvalue weighted by atomic mass is 35.5. The highest BCUT2D eigenvalue weighted by Gasteiger charge is 2.31. The van der Waals surface area contributed by atoms with Crippen molar-refractivity contribution in [2.24, 2.45) is 5.10 Å². The molecule has 0 aromatic heterocycles. The van der Waals surface area contributed by atoms with Crippen molar-refractivity contribution in [3.63, 3.8) is 0 Å². The van der Waals surface area contributed by atoms with Gasteiger partial charge in [0.2, 0.25) is 0 Å². The molecule has 1 N–H and O–H groups in total. The minimum Gasteiger partial charge on any atom is -0.483 e. The fraction of sp³-hybridized carbons (Fsp3) is 0.176. The van der Waals surface area contributed by atoms with E-state index in [-0.39, 0.29) is 12.2 Å². The van der Waals surface area contributed by atoms with E-state index in [9.17, 15) is 22.4 Å². The summed E-state index contributed by atoms with van der Waals surface area (Å²) < 4.78 is 56.4. The summed E-state index contributed by atoms with van der Waals surface area (Å²) in [5, 5.41) is 4.02. The molecular weight excluding hydrogens is 376 g/mol. The van der Waals surface area contributed by atoms with Crippen molar-refractivity contribution in [1.82, 2.24) is 5.43 Å². The second-order valence-corrected chi connectivity index (χ2v) is 5.70. The molecule has 0 unspecified atom stereocenters. The van der Waals surface area contributed by atoms with Crippen molar-refractivity contribution >= 4 is 23.7 Å². The lowest BCUT2D eigenvalue weighted by Crippen LogP contribution is -2.24. The molecule has 0 bridgehead atoms. The number of halogens is 5. The van der Waals surface area contributed by atoms with E-state index < -0.39 is 23.5 Å². The fourth-order valence-electron chi connectivity index (χ4n) is 1.98. The van der Waals surface area contributed by atoms with Crippen LogP contribution in [0.2, 0.25) is 5.02 Å². The summed E-state index contributed by atoms with van der Waals surface area (Å²) in [6.45, 7) is 1.39. The number of rotatable bonds is 5. The summed E-state index contributed by atoms with van der Waals surface area (Å²) in [5.41, 5.74) is 1.52. The topological polar surface area (TPSA) is 50.7 Å². The second kappa shape index (κ2) is 8.18. The van der Waals surface area contributed by atoms with Gasteiger partial charge in [0.25, 0.3) is 5.91 Å². The molecule has 0 fully saturated rings. The predicted octanol–water partition coefficient (Wildman–Crippen LogP) is 4.34. The molecular formula is C17H13ClF4N2O2. The summed E-state index contributed by atoms with van der Waals surface area (Å²) in [4.78, 5) is 11.6. The Balaban J connectivity index is 1.93. The molecule has 0 aliphatic heterocycles. The molecule has 1 amide bonds. The number of ether oxygens (including phenoxy) is 1. The van der Waals surface area contributed by atoms with Gasteiger partial charge in [-0.2, -0.15) is 18.3 Å². The predicted molar refractivity (Wildman–Crippen MR) is 88.8 cm³/mol. The Morgan fingerprint density at radius 3 is 2.65 bits per heavy atom. The zero-order chi connectivity index (χ0) is 19.3. The zero-order valence-corrected chi connectivity index (χ0v) is 14.2. The maximum Gasteiger partial charge on any atom is 0.416 e. The van der Waals surface area contributed by atoms with E-state index in [2.05, 4.69) is 10.5 Å². The Bertz CT molecular complexity index is 838. The molecule has 0 radical (unpaired) electrons. The molecule has 0 spiro atoms. The summed E-state index contributed by atoms with van der Waals surface area (Å²) in [6.07, 6.45) is -3.78. The van der Waals surface area contributed by atoms with E-state index in [4.69, 9.17) is 16.3 Å². The highest BCUT2D eigenvalue weighted by molar-refractivity contribution is 6.30. The smallest absolute Gasteiger partial charge is 0.416 e. The van der Waals surface area contributed by atoms with Crippen LogP contribution in [0.1, 0.15) is 16.7 Å². The largest absolute Gasteiger partial charge is 0.483 e. The van der Waals surface area contributed by atoms with Crippen LogP contribution in [0.15, 0.2) is 41.5 Å². The molecule has 0 saturated heterocycles. The highest BCUT2D eigenvalue weighted by Crippen LogP contribution is 2.30. The number of hydrogen-bond donors (Lipinski definition) is 1. The van der Waals surface area contributed by atoms with Gasteiger partial charge in [-0.05, 0) is 54.4 Å². The van der Waals surface area contributed by atoms with Crippen LogP contribution >= 0.6 is 11.6 Å². The lowest BCUT2D eigenvalue weighted by molar-refractivity contribution is -0.137. The van der Waals surface area contributed by atoms with E-state index >= 15 is 0 Å². The third-order valence-electron chi connectivity index (χ3n) is 3.15. The van der Waals surface area contributed by atoms with Gasteiger partial charge in [-0.25, -0.2) is 9.82 Å². The SMILES string of the molecule is Cc1cc(Cl)ccc1OCC(=O)N/N=C/c1cc(F)cc(C(F)(F)F)c1. The first-order valence-electron chi connectivity index (χ1n) is 7.24. The van der Waals surface area contributed by atoms with Gasteiger partial charge >= 0.3 is 6.18 Å². The molecule has 2 rings (SSSR count). The Kier molecular flexibility index (Phi) is 6.20. The van der Waals surface area contributed by atoms with Crippen LogP contribution in [-0.2, 0) is 11.0 Å². The zero-order valence-electron chi connectivity index (χ0n) is 13.4. The number of nitrogens with zero attached hydrogens (tertiary/aromatic N) is 1. The van der Waals surface area contributed by atoms with Crippen molar-refractivity contribution < 1.29 is 27.1 Å². The fourth-order valence-corrected chi connectivity index (χ4v) is 2.21. The summed E-state index contributed by atoms with van der Waals surface area (Å²) in [6, 6.07) is 6.81. The molecule has 2 aromatic carbocycles. The van der Waals surface area contributed by atoms with Crippen LogP contribution < -0.4 is 10.2 Å². The minimum atomic E-state index is -4.68. The van der Waals surface area contributed by atoms with Crippen LogP contribution in [0.25, 0.3) is 0 Å². The van der Waals surface area contributed by atoms with Gasteiger partial charge in [0.05, 0.1) is 11.8 Å². The molecule has 4 nitrogen and oxygen atoms in total. The first-order chi connectivity index (χ1) is 12.1. The Morgan fingerprint density at radius 2 is 2.00 bits per heavy atom. The summed E-state index contributed by atoms with van der Waals surface area (Å²) >= 11 is 5.81. The second-order valence-electron chi connectivity index (χ2n) is 5.26. The van der Waals surface area contributed by atoms with Crippen LogP contribution in [0.5, 0.6) is 5.75 Å². The Morgan fingerprint density at radius 1 is 1.27 bits per heavy atom. The van der Waals surface area contributed by atoms with Crippen molar-refractivity contribution in [3.05, 3.63) is 63.9 Å². The number of benzene rings is 2. The summed E-state index contributed by atoms with van der Waals surface area (Å²) in [5.74, 6) is -1.24. The maximum absolute atomic E-state index is 13.2. The average molecular weight is 389 g/mol. The number of alkyl halides is 3. The molecule has 0 atom stereocenters. The molecule has 0 heterocycles. The molecule has 2 aromatic rings. The van der Waals surface area contributed by atoms with Crippen LogP contribution in [-0.4, -0.2) is 18.7 Å². The van der Waals surface area contributed by atoms with Gasteiger partial charge in [-0.1, -0.05) is 11.6 Å². The van der Waals surface area contributed by atoms with Gasteiger partial charge in [-0.15, -0.1) is 0 Å². The first kappa shape index (κ1) is 19.7. The van der Waals surface area contributed by atoms with Gasteiger partial charge in [0.1, 0.15) is 11.6 Å². The van der Waals surface area contributed by atoms with E-state index in [0.717, 1.165) is 17.8 Å². The lowest BCUT2D eigenvalue weighted by atomic mass is 10.1. The van der Waals surface area contributed by atoms with E-state index in [1.807, 2.05) is 0 Å². The third kappa shape index (κ3) is 5.73. The molecule has 0 aliphatic rings. The van der Waals surface area contributed by atoms with Crippen molar-refractivity contribution in [2.45, 2.75) is 13.1 Å². The van der Waals surface area contributed by atoms with E-state index in [0.29, 0.717) is 22.9 Å². The van der Waals surface area contributed by atoms with E-state index in [1.165, 1.54) is 0 Å². The number of carbonyl (C=O) groups is 1. The standard InChI is InChI=1S/C17H13ClF4N2O2/c1-10-4-13(18)2-3-15(10)26-9-16(25)24-23-8-11-5-12(17(20,21)22)7-14(19)6-11/h2-8H,9H2,1H3,(H,24,25)/b23-8+. The maximum atomic E-state index is 13.2. The average Bonchev–Trinajstić information content (AvgIpc) is 2.52. The number of hydrogen-bond acceptors (Lipinski definition) is 3. The molecule has 26 heavy (non-hydrogen) atoms. The van der Waals surface area contributed by atoms with Crippen molar-refractivity contribution in [3.8, 4) is 5.75 Å². The van der Waals surface area contributed by atoms with E-state index in [1.54, 1.807) is 25.1 Å². The summed E-state index contributed by atoms with van der Waals surface area (Å²) in [7, 11) is 0. The van der Waals surface area contributed by atoms with Crippen molar-refractivity contribution in [1.29, 1.82) is 0 Å². The van der Waals surface area contributed by atoms with Gasteiger partial charge in [0, 0.05) is 5.02 Å².